The second-order valence-electron chi connectivity index (χ2n) is 12.1. The number of aliphatic hydroxyl groups excluding tert-OH is 2. The van der Waals surface area contributed by atoms with Crippen LogP contribution in [0.2, 0.25) is 0 Å². The highest BCUT2D eigenvalue weighted by Gasteiger charge is 2.49. The van der Waals surface area contributed by atoms with Gasteiger partial charge in [-0.15, -0.1) is 0 Å². The van der Waals surface area contributed by atoms with E-state index >= 15 is 0 Å². The van der Waals surface area contributed by atoms with E-state index in [1.807, 2.05) is 0 Å². The van der Waals surface area contributed by atoms with E-state index in [-0.39, 0.29) is 48.7 Å². The molecule has 30 heteroatoms. The van der Waals surface area contributed by atoms with E-state index in [0.29, 0.717) is 0 Å². The van der Waals surface area contributed by atoms with Gasteiger partial charge in [-0.25, -0.2) is 24.1 Å². The predicted molar refractivity (Wildman–Crippen MR) is 179 cm³/mol. The summed E-state index contributed by atoms with van der Waals surface area (Å²) < 4.78 is 61.5. The summed E-state index contributed by atoms with van der Waals surface area (Å²) in [6.45, 7) is 0.127. The Bertz CT molecular complexity index is 1850. The van der Waals surface area contributed by atoms with Gasteiger partial charge in [0.25, 0.3) is 7.82 Å². The van der Waals surface area contributed by atoms with Gasteiger partial charge in [0.2, 0.25) is 11.8 Å². The zero-order valence-electron chi connectivity index (χ0n) is 28.8. The Morgan fingerprint density at radius 1 is 1.05 bits per heavy atom. The summed E-state index contributed by atoms with van der Waals surface area (Å²) in [5.74, 6) is -2.82. The summed E-state index contributed by atoms with van der Waals surface area (Å²) in [5.41, 5.74) is 4.15. The standard InChI is InChI=1S/C25H40N7O19P3S/c1-25(2,20(38)23(39)28-6-5-14(33)27-7-8-55-16(36)4-3-15(34)35)10-48-54(45,46)51-53(43,44)47-9-13-19(50-52(40,41)42)18(37)24(49-13)32-12-31-17-21(26)29-11-30-22(17)32/h11-13,18-20,24,37-38H,3-10H2,1-2H3,(H,27,33)(H,28,39)(H,34,35)(H,43,44)(H,45,46)(H2,26,29,30)(H2,40,41,42)/p-2/t13-,18-,19+,20?,24-/m1/s1. The van der Waals surface area contributed by atoms with Crippen molar-refractivity contribution in [3.63, 3.8) is 0 Å². The normalized spacial score (nSPS) is 22.6. The van der Waals surface area contributed by atoms with E-state index in [4.69, 9.17) is 15.0 Å². The number of carboxylic acids is 1. The van der Waals surface area contributed by atoms with E-state index < -0.39 is 102 Å². The van der Waals surface area contributed by atoms with Gasteiger partial charge < -0.3 is 65.3 Å². The lowest BCUT2D eigenvalue weighted by molar-refractivity contribution is -0.305. The monoisotopic (exact) mass is 865 g/mol. The van der Waals surface area contributed by atoms with Crippen LogP contribution in [0.1, 0.15) is 39.3 Å². The van der Waals surface area contributed by atoms with Crippen molar-refractivity contribution in [3.05, 3.63) is 12.7 Å². The van der Waals surface area contributed by atoms with Crippen LogP contribution in [-0.2, 0) is 55.5 Å². The molecule has 1 aliphatic rings. The molecule has 3 heterocycles. The maximum absolute atomic E-state index is 12.6. The van der Waals surface area contributed by atoms with E-state index in [0.717, 1.165) is 29.0 Å². The number of hydrogen-bond donors (Lipinski definition) is 8. The minimum atomic E-state index is -5.60. The van der Waals surface area contributed by atoms with Gasteiger partial charge in [-0.2, -0.15) is 4.31 Å². The second kappa shape index (κ2) is 19.5. The van der Waals surface area contributed by atoms with Crippen LogP contribution < -0.4 is 26.4 Å². The molecule has 2 amide bonds. The number of aliphatic carboxylic acids is 1. The average Bonchev–Trinajstić information content (AvgIpc) is 3.63. The Hall–Kier alpha value is -2.97. The number of nitrogens with zero attached hydrogens (tertiary/aromatic N) is 4. The van der Waals surface area contributed by atoms with Crippen LogP contribution in [0.5, 0.6) is 0 Å². The number of phosphoric ester groups is 3. The van der Waals surface area contributed by atoms with Gasteiger partial charge >= 0.3 is 15.6 Å². The number of rotatable bonds is 22. The minimum absolute atomic E-state index is 0.00280. The number of thioether (sulfide) groups is 1. The number of aliphatic hydroxyl groups is 2. The van der Waals surface area contributed by atoms with Crippen LogP contribution in [0.15, 0.2) is 12.7 Å². The van der Waals surface area contributed by atoms with Crippen molar-refractivity contribution in [3.8, 4) is 0 Å². The van der Waals surface area contributed by atoms with E-state index in [2.05, 4.69) is 38.9 Å². The van der Waals surface area contributed by atoms with Crippen LogP contribution in [0.3, 0.4) is 0 Å². The van der Waals surface area contributed by atoms with Crippen molar-refractivity contribution in [1.82, 2.24) is 30.2 Å². The molecule has 9 N–H and O–H groups in total. The van der Waals surface area contributed by atoms with Crippen molar-refractivity contribution in [1.29, 1.82) is 0 Å². The molecule has 1 aliphatic heterocycles. The Kier molecular flexibility index (Phi) is 16.4. The fraction of sp³-hybridized carbons (Fsp3) is 0.640. The fourth-order valence-electron chi connectivity index (χ4n) is 4.57. The largest absolute Gasteiger partial charge is 0.756 e. The number of anilines is 1. The molecule has 0 spiro atoms. The second-order valence-corrected chi connectivity index (χ2v) is 17.5. The Balaban J connectivity index is 1.49. The molecule has 0 bridgehead atoms. The third-order valence-electron chi connectivity index (χ3n) is 7.29. The first kappa shape index (κ1) is 46.4. The van der Waals surface area contributed by atoms with Gasteiger partial charge in [0, 0.05) is 43.1 Å². The molecule has 4 unspecified atom stereocenters. The van der Waals surface area contributed by atoms with Gasteiger partial charge in [-0.05, 0) is 6.42 Å². The Labute approximate surface area is 314 Å². The highest BCUT2D eigenvalue weighted by atomic mass is 32.2. The number of carbonyl (C=O) groups is 4. The van der Waals surface area contributed by atoms with Crippen LogP contribution in [0, 0.1) is 5.41 Å². The molecule has 3 rings (SSSR count). The number of nitrogen functional groups attached to an aromatic ring is 1. The zero-order valence-corrected chi connectivity index (χ0v) is 32.3. The Morgan fingerprint density at radius 3 is 2.38 bits per heavy atom. The zero-order chi connectivity index (χ0) is 41.4. The molecular formula is C25H38N7O19P3S-2. The summed E-state index contributed by atoms with van der Waals surface area (Å²) in [6.07, 6.45) is -7.95. The molecule has 2 aromatic heterocycles. The van der Waals surface area contributed by atoms with Crippen LogP contribution in [0.25, 0.3) is 11.2 Å². The first-order valence-corrected chi connectivity index (χ1v) is 21.1. The number of imidazole rings is 1. The lowest BCUT2D eigenvalue weighted by Crippen LogP contribution is -2.46. The van der Waals surface area contributed by atoms with Gasteiger partial charge in [0.05, 0.1) is 19.5 Å². The number of carbonyl (C=O) groups excluding carboxylic acids is 4. The molecule has 1 fully saturated rings. The minimum Gasteiger partial charge on any atom is -0.756 e. The first-order chi connectivity index (χ1) is 25.4. The smallest absolute Gasteiger partial charge is 0.481 e. The maximum Gasteiger partial charge on any atom is 0.481 e. The van der Waals surface area contributed by atoms with Crippen LogP contribution >= 0.6 is 35.2 Å². The molecule has 26 nitrogen and oxygen atoms in total. The fourth-order valence-corrected chi connectivity index (χ4v) is 8.06. The van der Waals surface area contributed by atoms with Gasteiger partial charge in [-0.3, -0.25) is 32.6 Å². The summed E-state index contributed by atoms with van der Waals surface area (Å²) >= 11 is 0.819. The number of hydrogen-bond acceptors (Lipinski definition) is 21. The molecular weight excluding hydrogens is 827 g/mol. The molecule has 2 aromatic rings. The van der Waals surface area contributed by atoms with Crippen LogP contribution in [-0.4, -0.2) is 124 Å². The van der Waals surface area contributed by atoms with Crippen molar-refractivity contribution in [2.75, 3.05) is 37.8 Å². The molecule has 0 aromatic carbocycles. The third-order valence-corrected chi connectivity index (χ3v) is 11.3. The number of amides is 2. The number of aromatic nitrogens is 4. The molecule has 0 aliphatic carbocycles. The van der Waals surface area contributed by atoms with Crippen molar-refractivity contribution >= 4 is 75.1 Å². The molecule has 1 saturated heterocycles. The lowest BCUT2D eigenvalue weighted by atomic mass is 9.87. The number of nitrogens with one attached hydrogen (secondary N) is 2. The number of ether oxygens (including phenoxy) is 1. The van der Waals surface area contributed by atoms with Crippen molar-refractivity contribution in [2.24, 2.45) is 5.41 Å². The van der Waals surface area contributed by atoms with Crippen molar-refractivity contribution in [2.45, 2.75) is 63.8 Å². The van der Waals surface area contributed by atoms with Gasteiger partial charge in [0.15, 0.2) is 22.8 Å². The average molecular weight is 866 g/mol. The van der Waals surface area contributed by atoms with Gasteiger partial charge in [-0.1, -0.05) is 25.6 Å². The Morgan fingerprint density at radius 2 is 1.73 bits per heavy atom. The summed E-state index contributed by atoms with van der Waals surface area (Å²) in [4.78, 5) is 99.1. The SMILES string of the molecule is CC(C)(COP(=O)(O)OP(=O)(O)OC[C@H]1O[C@@H](n2cnc3c(N)ncnc32)[C@H](O)[C@H]1OP(=O)([O-])O)C(O)C(=O)NCCC(=O)NCCSC(=O)CCC(=O)[O-]. The predicted octanol–water partition coefficient (Wildman–Crippen LogP) is -3.44. The summed E-state index contributed by atoms with van der Waals surface area (Å²) in [7, 11) is -16.7. The highest BCUT2D eigenvalue weighted by molar-refractivity contribution is 8.13. The summed E-state index contributed by atoms with van der Waals surface area (Å²) in [5, 5.41) is 36.1. The van der Waals surface area contributed by atoms with Crippen LogP contribution in [0.4, 0.5) is 5.82 Å². The lowest BCUT2D eigenvalue weighted by Gasteiger charge is -2.30. The number of phosphoric acid groups is 3. The highest BCUT2D eigenvalue weighted by Crippen LogP contribution is 2.61. The van der Waals surface area contributed by atoms with Gasteiger partial charge in [0.1, 0.15) is 36.3 Å². The summed E-state index contributed by atoms with van der Waals surface area (Å²) in [6, 6.07) is 0. The topological polar surface area (TPSA) is 407 Å². The first-order valence-electron chi connectivity index (χ1n) is 15.6. The molecule has 8 atom stereocenters. The third kappa shape index (κ3) is 14.5. The van der Waals surface area contributed by atoms with E-state index in [9.17, 15) is 67.8 Å². The van der Waals surface area contributed by atoms with E-state index in [1.54, 1.807) is 0 Å². The maximum atomic E-state index is 12.6. The quantitative estimate of drug-likeness (QED) is 0.0421. The molecule has 55 heavy (non-hydrogen) atoms. The molecule has 310 valence electrons. The van der Waals surface area contributed by atoms with E-state index in [1.165, 1.54) is 13.8 Å². The number of fused-ring (bicyclic) bond motifs is 1. The molecule has 0 radical (unpaired) electrons. The number of carboxylic acid groups (broad SMARTS) is 1. The molecule has 0 saturated carbocycles. The number of nitrogens with two attached hydrogens (primary N) is 1. The van der Waals surface area contributed by atoms with Crippen molar-refractivity contribution < 1.29 is 90.4 Å².